The number of rotatable bonds is 4. The summed E-state index contributed by atoms with van der Waals surface area (Å²) in [6.45, 7) is 4.45. The van der Waals surface area contributed by atoms with E-state index in [1.54, 1.807) is 11.7 Å². The van der Waals surface area contributed by atoms with Gasteiger partial charge < -0.3 is 9.30 Å². The topological polar surface area (TPSA) is 47.4 Å². The minimum Gasteiger partial charge on any atom is -0.497 e. The number of aromatic nitrogens is 2. The normalized spacial score (nSPS) is 22.4. The summed E-state index contributed by atoms with van der Waals surface area (Å²) in [7, 11) is 1.59. The summed E-state index contributed by atoms with van der Waals surface area (Å²) < 4.78 is 20.8. The molecule has 1 saturated heterocycles. The van der Waals surface area contributed by atoms with E-state index in [4.69, 9.17) is 4.74 Å². The molecule has 1 aliphatic heterocycles. The molecule has 0 spiro atoms. The highest BCUT2D eigenvalue weighted by Gasteiger charge is 2.25. The number of methoxy groups -OCH3 is 1. The third-order valence-corrected chi connectivity index (χ3v) is 4.64. The molecule has 0 aliphatic carbocycles. The molecule has 0 amide bonds. The van der Waals surface area contributed by atoms with Gasteiger partial charge in [-0.1, -0.05) is 6.92 Å². The van der Waals surface area contributed by atoms with Crippen LogP contribution in [0.2, 0.25) is 0 Å². The van der Waals surface area contributed by atoms with Gasteiger partial charge >= 0.3 is 0 Å². The highest BCUT2D eigenvalue weighted by Crippen LogP contribution is 2.20. The average molecular weight is 319 g/mol. The molecule has 124 valence electrons. The molecule has 0 bridgehead atoms. The minimum atomic E-state index is -0.783. The van der Waals surface area contributed by atoms with Gasteiger partial charge in [0.1, 0.15) is 11.9 Å². The van der Waals surface area contributed by atoms with E-state index in [0.717, 1.165) is 24.0 Å². The number of hydrogen-bond acceptors (Lipinski definition) is 4. The molecule has 2 atom stereocenters. The predicted molar refractivity (Wildman–Crippen MR) is 87.7 cm³/mol. The van der Waals surface area contributed by atoms with E-state index in [2.05, 4.69) is 9.88 Å². The first-order valence-electron chi connectivity index (χ1n) is 7.98. The van der Waals surface area contributed by atoms with E-state index in [1.807, 2.05) is 25.1 Å². The van der Waals surface area contributed by atoms with Gasteiger partial charge in [-0.2, -0.15) is 0 Å². The first-order chi connectivity index (χ1) is 11.1. The largest absolute Gasteiger partial charge is 0.497 e. The maximum absolute atomic E-state index is 13.8. The Bertz CT molecular complexity index is 746. The van der Waals surface area contributed by atoms with Gasteiger partial charge in [0.05, 0.1) is 24.3 Å². The SMILES string of the molecule is COc1ccc2ncc(=O)n(CCN3CCC(C)C(F)C3)c2c1. The Morgan fingerprint density at radius 3 is 2.96 bits per heavy atom. The van der Waals surface area contributed by atoms with Crippen molar-refractivity contribution in [2.24, 2.45) is 5.92 Å². The van der Waals surface area contributed by atoms with Crippen LogP contribution < -0.4 is 10.3 Å². The van der Waals surface area contributed by atoms with Crippen molar-refractivity contribution < 1.29 is 9.13 Å². The van der Waals surface area contributed by atoms with Crippen LogP contribution in [0.1, 0.15) is 13.3 Å². The Labute approximate surface area is 134 Å². The van der Waals surface area contributed by atoms with Crippen LogP contribution in [0.4, 0.5) is 4.39 Å². The Hall–Kier alpha value is -1.95. The van der Waals surface area contributed by atoms with Gasteiger partial charge in [-0.15, -0.1) is 0 Å². The molecule has 0 radical (unpaired) electrons. The molecule has 2 heterocycles. The van der Waals surface area contributed by atoms with Crippen molar-refractivity contribution in [3.8, 4) is 5.75 Å². The lowest BCUT2D eigenvalue weighted by atomic mass is 9.97. The molecular formula is C17H22FN3O2. The van der Waals surface area contributed by atoms with Crippen LogP contribution in [0.15, 0.2) is 29.2 Å². The van der Waals surface area contributed by atoms with Gasteiger partial charge in [-0.3, -0.25) is 9.69 Å². The summed E-state index contributed by atoms with van der Waals surface area (Å²) >= 11 is 0. The van der Waals surface area contributed by atoms with Crippen molar-refractivity contribution in [2.75, 3.05) is 26.7 Å². The number of alkyl halides is 1. The highest BCUT2D eigenvalue weighted by molar-refractivity contribution is 5.76. The highest BCUT2D eigenvalue weighted by atomic mass is 19.1. The van der Waals surface area contributed by atoms with Crippen LogP contribution in [0.25, 0.3) is 11.0 Å². The molecule has 1 aromatic heterocycles. The van der Waals surface area contributed by atoms with Gasteiger partial charge in [0.25, 0.3) is 5.56 Å². The predicted octanol–water partition coefficient (Wildman–Crippen LogP) is 2.08. The number of ether oxygens (including phenoxy) is 1. The van der Waals surface area contributed by atoms with Gasteiger partial charge in [0.2, 0.25) is 0 Å². The van der Waals surface area contributed by atoms with E-state index in [9.17, 15) is 9.18 Å². The second kappa shape index (κ2) is 6.66. The molecule has 1 aromatic carbocycles. The molecular weight excluding hydrogens is 297 g/mol. The minimum absolute atomic E-state index is 0.125. The summed E-state index contributed by atoms with van der Waals surface area (Å²) in [5.74, 6) is 0.814. The second-order valence-corrected chi connectivity index (χ2v) is 6.19. The number of fused-ring (bicyclic) bond motifs is 1. The first kappa shape index (κ1) is 15.9. The molecule has 5 nitrogen and oxygen atoms in total. The van der Waals surface area contributed by atoms with E-state index < -0.39 is 6.17 Å². The zero-order chi connectivity index (χ0) is 16.4. The molecule has 2 aromatic rings. The lowest BCUT2D eigenvalue weighted by Gasteiger charge is -2.33. The summed E-state index contributed by atoms with van der Waals surface area (Å²) in [5, 5.41) is 0. The molecule has 3 rings (SSSR count). The third kappa shape index (κ3) is 3.37. The van der Waals surface area contributed by atoms with Gasteiger partial charge in [0.15, 0.2) is 0 Å². The Kier molecular flexibility index (Phi) is 4.61. The molecule has 2 unspecified atom stereocenters. The summed E-state index contributed by atoms with van der Waals surface area (Å²) in [4.78, 5) is 18.4. The van der Waals surface area contributed by atoms with Crippen LogP contribution in [-0.2, 0) is 6.54 Å². The Balaban J connectivity index is 1.82. The zero-order valence-electron chi connectivity index (χ0n) is 13.5. The number of likely N-dealkylation sites (tertiary alicyclic amines) is 1. The van der Waals surface area contributed by atoms with Crippen molar-refractivity contribution in [1.82, 2.24) is 14.5 Å². The van der Waals surface area contributed by atoms with Crippen molar-refractivity contribution in [1.29, 1.82) is 0 Å². The van der Waals surface area contributed by atoms with E-state index in [1.165, 1.54) is 6.20 Å². The first-order valence-corrected chi connectivity index (χ1v) is 7.98. The third-order valence-electron chi connectivity index (χ3n) is 4.64. The lowest BCUT2D eigenvalue weighted by Crippen LogP contribution is -2.42. The summed E-state index contributed by atoms with van der Waals surface area (Å²) in [6, 6.07) is 5.48. The number of halogens is 1. The number of benzene rings is 1. The van der Waals surface area contributed by atoms with Gasteiger partial charge in [0, 0.05) is 25.7 Å². The monoisotopic (exact) mass is 319 g/mol. The van der Waals surface area contributed by atoms with Crippen LogP contribution in [0, 0.1) is 5.92 Å². The van der Waals surface area contributed by atoms with Crippen LogP contribution in [-0.4, -0.2) is 47.4 Å². The van der Waals surface area contributed by atoms with Gasteiger partial charge in [-0.25, -0.2) is 9.37 Å². The summed E-state index contributed by atoms with van der Waals surface area (Å²) in [6.07, 6.45) is 1.42. The van der Waals surface area contributed by atoms with Crippen molar-refractivity contribution >= 4 is 11.0 Å². The molecule has 1 fully saturated rings. The average Bonchev–Trinajstić information content (AvgIpc) is 2.56. The van der Waals surface area contributed by atoms with Crippen molar-refractivity contribution in [2.45, 2.75) is 26.1 Å². The van der Waals surface area contributed by atoms with Crippen molar-refractivity contribution in [3.63, 3.8) is 0 Å². The van der Waals surface area contributed by atoms with E-state index in [-0.39, 0.29) is 11.5 Å². The van der Waals surface area contributed by atoms with E-state index >= 15 is 0 Å². The van der Waals surface area contributed by atoms with Crippen LogP contribution >= 0.6 is 0 Å². The Morgan fingerprint density at radius 1 is 1.39 bits per heavy atom. The fourth-order valence-corrected chi connectivity index (χ4v) is 3.03. The quantitative estimate of drug-likeness (QED) is 0.866. The maximum Gasteiger partial charge on any atom is 0.269 e. The number of hydrogen-bond donors (Lipinski definition) is 0. The number of nitrogens with zero attached hydrogens (tertiary/aromatic N) is 3. The van der Waals surface area contributed by atoms with Crippen LogP contribution in [0.5, 0.6) is 5.75 Å². The Morgan fingerprint density at radius 2 is 2.22 bits per heavy atom. The smallest absolute Gasteiger partial charge is 0.269 e. The molecule has 0 saturated carbocycles. The fourth-order valence-electron chi connectivity index (χ4n) is 3.03. The molecule has 23 heavy (non-hydrogen) atoms. The summed E-state index contributed by atoms with van der Waals surface area (Å²) in [5.41, 5.74) is 1.35. The second-order valence-electron chi connectivity index (χ2n) is 6.19. The van der Waals surface area contributed by atoms with E-state index in [0.29, 0.717) is 25.4 Å². The molecule has 1 aliphatic rings. The molecule has 0 N–H and O–H groups in total. The van der Waals surface area contributed by atoms with Gasteiger partial charge in [-0.05, 0) is 31.0 Å². The molecule has 6 heteroatoms. The van der Waals surface area contributed by atoms with Crippen molar-refractivity contribution in [3.05, 3.63) is 34.7 Å². The van der Waals surface area contributed by atoms with Crippen LogP contribution in [0.3, 0.4) is 0 Å². The maximum atomic E-state index is 13.8. The lowest BCUT2D eigenvalue weighted by molar-refractivity contribution is 0.0910. The standard InChI is InChI=1S/C17H22FN3O2/c1-12-5-6-20(11-14(12)18)7-8-21-16-9-13(23-2)3-4-15(16)19-10-17(21)22/h3-4,9-10,12,14H,5-8,11H2,1-2H3. The fraction of sp³-hybridized carbons (Fsp3) is 0.529. The zero-order valence-corrected chi connectivity index (χ0v) is 13.5. The number of piperidine rings is 1.